The van der Waals surface area contributed by atoms with Crippen molar-refractivity contribution in [3.8, 4) is 0 Å². The number of piperidine rings is 1. The van der Waals surface area contributed by atoms with E-state index in [1.54, 1.807) is 0 Å². The number of nitrogens with one attached hydrogen (secondary N) is 1. The van der Waals surface area contributed by atoms with Crippen molar-refractivity contribution >= 4 is 0 Å². The van der Waals surface area contributed by atoms with Crippen LogP contribution in [0.5, 0.6) is 0 Å². The van der Waals surface area contributed by atoms with Gasteiger partial charge in [0.1, 0.15) is 0 Å². The first-order chi connectivity index (χ1) is 10.8. The molecule has 4 atom stereocenters. The summed E-state index contributed by atoms with van der Waals surface area (Å²) >= 11 is 0. The molecule has 2 aliphatic rings. The third kappa shape index (κ3) is 2.37. The second kappa shape index (κ2) is 5.86. The number of aliphatic hydroxyl groups excluding tert-OH is 1. The largest absolute Gasteiger partial charge is 0.392 e. The van der Waals surface area contributed by atoms with Gasteiger partial charge in [0, 0.05) is 23.9 Å². The topological polar surface area (TPSA) is 32.3 Å². The van der Waals surface area contributed by atoms with Gasteiger partial charge in [-0.05, 0) is 24.0 Å². The minimum absolute atomic E-state index is 0.203. The molecule has 0 spiro atoms. The molecule has 2 aromatic rings. The van der Waals surface area contributed by atoms with E-state index in [4.69, 9.17) is 0 Å². The number of hydrogen-bond donors (Lipinski definition) is 2. The number of hydrogen-bond acceptors (Lipinski definition) is 2. The Bertz CT molecular complexity index is 559. The SMILES string of the molecule is OC1C2CCCC1C(c1ccccc1)NC2c1ccccc1. The van der Waals surface area contributed by atoms with E-state index in [2.05, 4.69) is 66.0 Å². The van der Waals surface area contributed by atoms with Gasteiger partial charge in [0.25, 0.3) is 0 Å². The molecule has 2 bridgehead atoms. The molecule has 2 N–H and O–H groups in total. The van der Waals surface area contributed by atoms with Crippen LogP contribution in [0.4, 0.5) is 0 Å². The van der Waals surface area contributed by atoms with E-state index in [1.807, 2.05) is 0 Å². The van der Waals surface area contributed by atoms with Crippen LogP contribution in [0, 0.1) is 11.8 Å². The van der Waals surface area contributed by atoms with E-state index in [1.165, 1.54) is 17.5 Å². The van der Waals surface area contributed by atoms with Gasteiger partial charge in [-0.3, -0.25) is 0 Å². The van der Waals surface area contributed by atoms with Crippen LogP contribution in [-0.4, -0.2) is 11.2 Å². The molecule has 1 aliphatic carbocycles. The first-order valence-electron chi connectivity index (χ1n) is 8.38. The van der Waals surface area contributed by atoms with Crippen molar-refractivity contribution in [2.45, 2.75) is 37.5 Å². The lowest BCUT2D eigenvalue weighted by molar-refractivity contribution is -0.0517. The zero-order chi connectivity index (χ0) is 14.9. The van der Waals surface area contributed by atoms with Crippen molar-refractivity contribution in [2.75, 3.05) is 0 Å². The van der Waals surface area contributed by atoms with Crippen LogP contribution in [0.2, 0.25) is 0 Å². The maximum atomic E-state index is 10.9. The first kappa shape index (κ1) is 14.0. The van der Waals surface area contributed by atoms with Crippen molar-refractivity contribution in [3.05, 3.63) is 71.8 Å². The summed E-state index contributed by atoms with van der Waals surface area (Å²) in [4.78, 5) is 0. The molecule has 2 nitrogen and oxygen atoms in total. The summed E-state index contributed by atoms with van der Waals surface area (Å²) < 4.78 is 0. The van der Waals surface area contributed by atoms with Gasteiger partial charge >= 0.3 is 0 Å². The predicted octanol–water partition coefficient (Wildman–Crippen LogP) is 3.85. The second-order valence-electron chi connectivity index (χ2n) is 6.69. The molecular formula is C20H23NO. The normalized spacial score (nSPS) is 34.3. The highest BCUT2D eigenvalue weighted by atomic mass is 16.3. The Kier molecular flexibility index (Phi) is 3.73. The second-order valence-corrected chi connectivity index (χ2v) is 6.69. The Balaban J connectivity index is 1.71. The van der Waals surface area contributed by atoms with Crippen molar-refractivity contribution in [1.29, 1.82) is 0 Å². The molecule has 4 unspecified atom stereocenters. The minimum Gasteiger partial charge on any atom is -0.392 e. The van der Waals surface area contributed by atoms with Crippen molar-refractivity contribution in [3.63, 3.8) is 0 Å². The quantitative estimate of drug-likeness (QED) is 0.881. The van der Waals surface area contributed by atoms with Crippen LogP contribution in [0.15, 0.2) is 60.7 Å². The van der Waals surface area contributed by atoms with Crippen molar-refractivity contribution in [1.82, 2.24) is 5.32 Å². The van der Waals surface area contributed by atoms with Crippen LogP contribution in [-0.2, 0) is 0 Å². The molecule has 2 heteroatoms. The Morgan fingerprint density at radius 1 is 0.727 bits per heavy atom. The molecule has 1 heterocycles. The van der Waals surface area contributed by atoms with Crippen LogP contribution in [0.25, 0.3) is 0 Å². The number of benzene rings is 2. The number of rotatable bonds is 2. The smallest absolute Gasteiger partial charge is 0.0632 e. The molecule has 4 rings (SSSR count). The third-order valence-corrected chi connectivity index (χ3v) is 5.49. The molecule has 0 aromatic heterocycles. The van der Waals surface area contributed by atoms with Crippen molar-refractivity contribution in [2.24, 2.45) is 11.8 Å². The first-order valence-corrected chi connectivity index (χ1v) is 8.38. The van der Waals surface area contributed by atoms with Gasteiger partial charge in [-0.25, -0.2) is 0 Å². The van der Waals surface area contributed by atoms with Crippen LogP contribution >= 0.6 is 0 Å². The molecular weight excluding hydrogens is 270 g/mol. The molecule has 0 radical (unpaired) electrons. The van der Waals surface area contributed by atoms with Gasteiger partial charge in [-0.2, -0.15) is 0 Å². The molecule has 1 aliphatic heterocycles. The van der Waals surface area contributed by atoms with Crippen LogP contribution in [0.3, 0.4) is 0 Å². The summed E-state index contributed by atoms with van der Waals surface area (Å²) in [5.41, 5.74) is 2.60. The Morgan fingerprint density at radius 2 is 1.18 bits per heavy atom. The van der Waals surface area contributed by atoms with Gasteiger partial charge in [0.15, 0.2) is 0 Å². The zero-order valence-electron chi connectivity index (χ0n) is 12.7. The number of aliphatic hydroxyl groups is 1. The summed E-state index contributed by atoms with van der Waals surface area (Å²) in [6, 6.07) is 21.7. The van der Waals surface area contributed by atoms with Gasteiger partial charge in [0.2, 0.25) is 0 Å². The van der Waals surface area contributed by atoms with Gasteiger partial charge in [0.05, 0.1) is 6.10 Å². The van der Waals surface area contributed by atoms with Crippen LogP contribution in [0.1, 0.15) is 42.5 Å². The average molecular weight is 293 g/mol. The van der Waals surface area contributed by atoms with Gasteiger partial charge in [-0.15, -0.1) is 0 Å². The molecule has 1 saturated heterocycles. The fraction of sp³-hybridized carbons (Fsp3) is 0.400. The summed E-state index contributed by atoms with van der Waals surface area (Å²) in [5, 5.41) is 14.8. The highest BCUT2D eigenvalue weighted by Crippen LogP contribution is 2.47. The Morgan fingerprint density at radius 3 is 1.64 bits per heavy atom. The fourth-order valence-electron chi connectivity index (χ4n) is 4.42. The summed E-state index contributed by atoms with van der Waals surface area (Å²) in [5.74, 6) is 0.669. The average Bonchev–Trinajstić information content (AvgIpc) is 2.57. The van der Waals surface area contributed by atoms with E-state index in [0.29, 0.717) is 11.8 Å². The molecule has 1 saturated carbocycles. The predicted molar refractivity (Wildman–Crippen MR) is 88.3 cm³/mol. The third-order valence-electron chi connectivity index (χ3n) is 5.49. The summed E-state index contributed by atoms with van der Waals surface area (Å²) in [7, 11) is 0. The zero-order valence-corrected chi connectivity index (χ0v) is 12.7. The molecule has 0 amide bonds. The van der Waals surface area contributed by atoms with E-state index in [-0.39, 0.29) is 18.2 Å². The Labute approximate surface area is 132 Å². The lowest BCUT2D eigenvalue weighted by Crippen LogP contribution is -2.52. The van der Waals surface area contributed by atoms with E-state index >= 15 is 0 Å². The fourth-order valence-corrected chi connectivity index (χ4v) is 4.42. The monoisotopic (exact) mass is 293 g/mol. The highest BCUT2D eigenvalue weighted by molar-refractivity contribution is 5.27. The van der Waals surface area contributed by atoms with E-state index in [0.717, 1.165) is 12.8 Å². The minimum atomic E-state index is -0.203. The molecule has 22 heavy (non-hydrogen) atoms. The maximum Gasteiger partial charge on any atom is 0.0632 e. The van der Waals surface area contributed by atoms with E-state index < -0.39 is 0 Å². The highest BCUT2D eigenvalue weighted by Gasteiger charge is 2.46. The molecule has 2 fully saturated rings. The molecule has 114 valence electrons. The Hall–Kier alpha value is -1.64. The summed E-state index contributed by atoms with van der Waals surface area (Å²) in [6.45, 7) is 0. The standard InChI is InChI=1S/C20H23NO/c22-20-16-12-7-13-17(20)19(15-10-5-2-6-11-15)21-18(16)14-8-3-1-4-9-14/h1-6,8-11,16-22H,7,12-13H2. The lowest BCUT2D eigenvalue weighted by Gasteiger charge is -2.50. The lowest BCUT2D eigenvalue weighted by atomic mass is 9.66. The number of fused-ring (bicyclic) bond motifs is 2. The van der Waals surface area contributed by atoms with Crippen molar-refractivity contribution < 1.29 is 5.11 Å². The van der Waals surface area contributed by atoms with Gasteiger partial charge in [-0.1, -0.05) is 67.1 Å². The maximum absolute atomic E-state index is 10.9. The van der Waals surface area contributed by atoms with E-state index in [9.17, 15) is 5.11 Å². The van der Waals surface area contributed by atoms with Gasteiger partial charge < -0.3 is 10.4 Å². The van der Waals surface area contributed by atoms with Crippen LogP contribution < -0.4 is 5.32 Å². The molecule has 2 aromatic carbocycles. The summed E-state index contributed by atoms with van der Waals surface area (Å²) in [6.07, 6.45) is 3.25.